The highest BCUT2D eigenvalue weighted by Gasteiger charge is 2.36. The van der Waals surface area contributed by atoms with Crippen LogP contribution in [-0.2, 0) is 6.18 Å². The number of carbonyl (C=O) groups is 1. The third-order valence-electron chi connectivity index (χ3n) is 5.36. The van der Waals surface area contributed by atoms with E-state index in [0.29, 0.717) is 42.9 Å². The van der Waals surface area contributed by atoms with Crippen LogP contribution in [-0.4, -0.2) is 48.5 Å². The first-order valence-electron chi connectivity index (χ1n) is 9.76. The lowest BCUT2D eigenvalue weighted by molar-refractivity contribution is -0.142. The Morgan fingerprint density at radius 3 is 2.40 bits per heavy atom. The van der Waals surface area contributed by atoms with Gasteiger partial charge in [0.15, 0.2) is 5.65 Å². The van der Waals surface area contributed by atoms with Crippen molar-refractivity contribution in [2.24, 2.45) is 0 Å². The van der Waals surface area contributed by atoms with Gasteiger partial charge in [0.2, 0.25) is 0 Å². The van der Waals surface area contributed by atoms with E-state index in [0.717, 1.165) is 10.6 Å². The Morgan fingerprint density at radius 2 is 1.80 bits per heavy atom. The summed E-state index contributed by atoms with van der Waals surface area (Å²) in [7, 11) is 0. The Kier molecular flexibility index (Phi) is 5.17. The molecule has 0 radical (unpaired) electrons. The van der Waals surface area contributed by atoms with Crippen molar-refractivity contribution in [3.05, 3.63) is 53.5 Å². The Labute approximate surface area is 171 Å². The van der Waals surface area contributed by atoms with E-state index in [1.807, 2.05) is 0 Å². The zero-order valence-electron chi connectivity index (χ0n) is 16.6. The molecule has 0 bridgehead atoms. The van der Waals surface area contributed by atoms with Crippen LogP contribution in [0.5, 0.6) is 0 Å². The van der Waals surface area contributed by atoms with Crippen molar-refractivity contribution in [3.63, 3.8) is 0 Å². The minimum Gasteiger partial charge on any atom is -0.339 e. The first kappa shape index (κ1) is 20.2. The summed E-state index contributed by atoms with van der Waals surface area (Å²) in [6.45, 7) is 4.59. The summed E-state index contributed by atoms with van der Waals surface area (Å²) in [6.07, 6.45) is 1.01. The second kappa shape index (κ2) is 7.66. The van der Waals surface area contributed by atoms with Gasteiger partial charge < -0.3 is 4.90 Å². The summed E-state index contributed by atoms with van der Waals surface area (Å²) in [4.78, 5) is 26.3. The smallest absolute Gasteiger partial charge is 0.339 e. The molecule has 0 atom stereocenters. The lowest BCUT2D eigenvalue weighted by Gasteiger charge is -2.31. The fourth-order valence-electron chi connectivity index (χ4n) is 3.68. The second-order valence-electron chi connectivity index (χ2n) is 7.75. The lowest BCUT2D eigenvalue weighted by Crippen LogP contribution is -2.38. The van der Waals surface area contributed by atoms with Gasteiger partial charge in [0.1, 0.15) is 12.0 Å². The Morgan fingerprint density at radius 1 is 1.13 bits per heavy atom. The van der Waals surface area contributed by atoms with E-state index in [-0.39, 0.29) is 23.4 Å². The van der Waals surface area contributed by atoms with E-state index < -0.39 is 11.9 Å². The number of likely N-dealkylation sites (tertiary alicyclic amines) is 1. The molecule has 1 aliphatic rings. The van der Waals surface area contributed by atoms with Crippen LogP contribution in [0.4, 0.5) is 13.2 Å². The van der Waals surface area contributed by atoms with Gasteiger partial charge in [-0.1, -0.05) is 13.8 Å². The molecule has 1 fully saturated rings. The van der Waals surface area contributed by atoms with Gasteiger partial charge in [0.25, 0.3) is 5.91 Å². The quantitative estimate of drug-likeness (QED) is 0.649. The summed E-state index contributed by atoms with van der Waals surface area (Å²) >= 11 is 0. The van der Waals surface area contributed by atoms with Gasteiger partial charge in [0, 0.05) is 43.2 Å². The minimum absolute atomic E-state index is 0.0358. The maximum Gasteiger partial charge on any atom is 0.433 e. The van der Waals surface area contributed by atoms with Crippen LogP contribution in [0.1, 0.15) is 66.0 Å². The van der Waals surface area contributed by atoms with E-state index >= 15 is 0 Å². The van der Waals surface area contributed by atoms with Gasteiger partial charge in [-0.05, 0) is 24.8 Å². The Hall–Kier alpha value is -3.04. The van der Waals surface area contributed by atoms with Crippen molar-refractivity contribution in [1.82, 2.24) is 29.5 Å². The van der Waals surface area contributed by atoms with Crippen molar-refractivity contribution in [3.8, 4) is 0 Å². The third kappa shape index (κ3) is 3.86. The van der Waals surface area contributed by atoms with Crippen LogP contribution < -0.4 is 0 Å². The molecule has 3 aromatic rings. The molecule has 10 heteroatoms. The van der Waals surface area contributed by atoms with E-state index in [9.17, 15) is 18.0 Å². The largest absolute Gasteiger partial charge is 0.433 e. The topological polar surface area (TPSA) is 76.3 Å². The van der Waals surface area contributed by atoms with Crippen molar-refractivity contribution in [2.75, 3.05) is 13.1 Å². The molecule has 0 spiro atoms. The molecule has 7 nitrogen and oxygen atoms in total. The predicted molar refractivity (Wildman–Crippen MR) is 102 cm³/mol. The highest BCUT2D eigenvalue weighted by atomic mass is 19.4. The highest BCUT2D eigenvalue weighted by molar-refractivity contribution is 5.93. The molecule has 0 unspecified atom stereocenters. The summed E-state index contributed by atoms with van der Waals surface area (Å²) in [5.41, 5.74) is 0.752. The predicted octanol–water partition coefficient (Wildman–Crippen LogP) is 3.68. The Bertz CT molecular complexity index is 1060. The van der Waals surface area contributed by atoms with Gasteiger partial charge in [-0.2, -0.15) is 18.3 Å². The van der Waals surface area contributed by atoms with Crippen molar-refractivity contribution < 1.29 is 18.0 Å². The fourth-order valence-corrected chi connectivity index (χ4v) is 3.68. The van der Waals surface area contributed by atoms with E-state index in [1.165, 1.54) is 18.7 Å². The zero-order valence-corrected chi connectivity index (χ0v) is 16.6. The highest BCUT2D eigenvalue weighted by Crippen LogP contribution is 2.33. The van der Waals surface area contributed by atoms with Gasteiger partial charge in [-0.3, -0.25) is 4.79 Å². The number of carbonyl (C=O) groups excluding carboxylic acids is 1. The van der Waals surface area contributed by atoms with Gasteiger partial charge in [-0.25, -0.2) is 19.5 Å². The van der Waals surface area contributed by atoms with Crippen LogP contribution in [0.25, 0.3) is 5.65 Å². The van der Waals surface area contributed by atoms with Crippen LogP contribution in [0.15, 0.2) is 30.9 Å². The molecule has 4 rings (SSSR count). The molecule has 0 N–H and O–H groups in total. The number of piperidine rings is 1. The number of rotatable bonds is 3. The number of alkyl halides is 3. The zero-order chi connectivity index (χ0) is 21.5. The average Bonchev–Trinajstić information content (AvgIpc) is 3.16. The third-order valence-corrected chi connectivity index (χ3v) is 5.36. The van der Waals surface area contributed by atoms with Gasteiger partial charge >= 0.3 is 6.18 Å². The molecular formula is C20H21F3N6O. The maximum absolute atomic E-state index is 13.6. The monoisotopic (exact) mass is 418 g/mol. The molecule has 1 amide bonds. The number of fused-ring (bicyclic) bond motifs is 1. The fraction of sp³-hybridized carbons (Fsp3) is 0.450. The molecule has 1 aliphatic heterocycles. The lowest BCUT2D eigenvalue weighted by atomic mass is 9.93. The molecule has 1 saturated heterocycles. The van der Waals surface area contributed by atoms with Crippen LogP contribution >= 0.6 is 0 Å². The van der Waals surface area contributed by atoms with Crippen LogP contribution in [0.3, 0.4) is 0 Å². The average molecular weight is 418 g/mol. The first-order valence-corrected chi connectivity index (χ1v) is 9.76. The number of aromatic nitrogens is 5. The van der Waals surface area contributed by atoms with Gasteiger partial charge in [0.05, 0.1) is 11.3 Å². The summed E-state index contributed by atoms with van der Waals surface area (Å²) in [5, 5.41) is 4.24. The molecule has 0 saturated carbocycles. The van der Waals surface area contributed by atoms with Crippen molar-refractivity contribution >= 4 is 11.6 Å². The normalized spacial score (nSPS) is 15.9. The molecule has 0 aliphatic carbocycles. The molecule has 0 aromatic carbocycles. The van der Waals surface area contributed by atoms with Gasteiger partial charge in [-0.15, -0.1) is 0 Å². The number of hydrogen-bond donors (Lipinski definition) is 0. The Balaban J connectivity index is 1.57. The van der Waals surface area contributed by atoms with Crippen molar-refractivity contribution in [1.29, 1.82) is 0 Å². The van der Waals surface area contributed by atoms with E-state index in [1.54, 1.807) is 24.8 Å². The molecule has 30 heavy (non-hydrogen) atoms. The van der Waals surface area contributed by atoms with E-state index in [4.69, 9.17) is 0 Å². The summed E-state index contributed by atoms with van der Waals surface area (Å²) < 4.78 is 41.6. The van der Waals surface area contributed by atoms with Crippen LogP contribution in [0.2, 0.25) is 0 Å². The molecule has 3 aromatic heterocycles. The van der Waals surface area contributed by atoms with Crippen LogP contribution in [0, 0.1) is 0 Å². The molecule has 4 heterocycles. The van der Waals surface area contributed by atoms with Crippen molar-refractivity contribution in [2.45, 2.75) is 44.7 Å². The standard InChI is InChI=1S/C20H21F3N6O/c1-12(2)15-7-17(20(21,22)23)29-18(26-15)8-16(27-29)13-3-5-28(6-4-13)19(30)14-9-24-11-25-10-14/h7-13H,3-6H2,1-2H3. The first-order chi connectivity index (χ1) is 14.2. The summed E-state index contributed by atoms with van der Waals surface area (Å²) in [5.74, 6) is -0.316. The maximum atomic E-state index is 13.6. The number of hydrogen-bond acceptors (Lipinski definition) is 5. The SMILES string of the molecule is CC(C)c1cc(C(F)(F)F)n2nc(C3CCN(C(=O)c4cncnc4)CC3)cc2n1. The molecule has 158 valence electrons. The minimum atomic E-state index is -4.53. The number of halogens is 3. The molecular weight excluding hydrogens is 397 g/mol. The summed E-state index contributed by atoms with van der Waals surface area (Å²) in [6, 6.07) is 2.70. The number of amides is 1. The van der Waals surface area contributed by atoms with E-state index in [2.05, 4.69) is 20.1 Å². The number of nitrogens with zero attached hydrogens (tertiary/aromatic N) is 6. The second-order valence-corrected chi connectivity index (χ2v) is 7.75.